The Bertz CT molecular complexity index is 522. The topological polar surface area (TPSA) is 80.4 Å². The normalized spacial score (nSPS) is 10.7. The molecule has 1 N–H and O–H groups in total. The first-order valence-electron chi connectivity index (χ1n) is 3.74. The molecule has 0 saturated carbocycles. The van der Waals surface area contributed by atoms with Gasteiger partial charge in [0.15, 0.2) is 0 Å². The van der Waals surface area contributed by atoms with Gasteiger partial charge in [-0.2, -0.15) is 9.50 Å². The summed E-state index contributed by atoms with van der Waals surface area (Å²) >= 11 is 4.13. The molecular weight excluding hydrogens is 204 g/mol. The standard InChI is InChI=1S/C7H6N4O2S/c1-3-2-4(14)11-7(8-3)9-5(10-11)6(12)13/h2,14H,1H3,(H,12,13). The lowest BCUT2D eigenvalue weighted by Crippen LogP contribution is -1.99. The number of rotatable bonds is 1. The first-order valence-corrected chi connectivity index (χ1v) is 4.19. The van der Waals surface area contributed by atoms with E-state index in [0.29, 0.717) is 10.7 Å². The summed E-state index contributed by atoms with van der Waals surface area (Å²) < 4.78 is 1.28. The molecule has 0 aromatic carbocycles. The molecule has 0 unspecified atom stereocenters. The van der Waals surface area contributed by atoms with Crippen LogP contribution in [0.5, 0.6) is 0 Å². The van der Waals surface area contributed by atoms with E-state index in [1.165, 1.54) is 4.52 Å². The zero-order chi connectivity index (χ0) is 10.3. The number of aromatic carboxylic acids is 1. The Hall–Kier alpha value is -1.63. The average Bonchev–Trinajstić information content (AvgIpc) is 2.47. The second-order valence-electron chi connectivity index (χ2n) is 2.71. The van der Waals surface area contributed by atoms with E-state index in [-0.39, 0.29) is 11.6 Å². The number of hydrogen-bond donors (Lipinski definition) is 2. The van der Waals surface area contributed by atoms with E-state index in [9.17, 15) is 4.79 Å². The first-order chi connectivity index (χ1) is 6.58. The molecule has 0 fully saturated rings. The van der Waals surface area contributed by atoms with Crippen LogP contribution in [0.1, 0.15) is 16.3 Å². The molecule has 0 aliphatic heterocycles. The number of hydrogen-bond acceptors (Lipinski definition) is 5. The number of carboxylic acids is 1. The van der Waals surface area contributed by atoms with Crippen molar-refractivity contribution in [1.29, 1.82) is 0 Å². The van der Waals surface area contributed by atoms with Crippen molar-refractivity contribution in [2.24, 2.45) is 0 Å². The predicted octanol–water partition coefficient (Wildman–Crippen LogP) is 0.420. The zero-order valence-electron chi connectivity index (χ0n) is 7.17. The Balaban J connectivity index is 2.76. The molecule has 0 aliphatic carbocycles. The molecule has 14 heavy (non-hydrogen) atoms. The summed E-state index contributed by atoms with van der Waals surface area (Å²) in [6, 6.07) is 1.68. The van der Waals surface area contributed by atoms with Crippen molar-refractivity contribution in [3.63, 3.8) is 0 Å². The van der Waals surface area contributed by atoms with Crippen molar-refractivity contribution < 1.29 is 9.90 Å². The Morgan fingerprint density at radius 2 is 2.29 bits per heavy atom. The maximum absolute atomic E-state index is 10.6. The van der Waals surface area contributed by atoms with Crippen LogP contribution in [0.3, 0.4) is 0 Å². The van der Waals surface area contributed by atoms with Gasteiger partial charge in [-0.15, -0.1) is 17.7 Å². The van der Waals surface area contributed by atoms with Crippen LogP contribution < -0.4 is 0 Å². The Morgan fingerprint density at radius 3 is 2.93 bits per heavy atom. The predicted molar refractivity (Wildman–Crippen MR) is 49.7 cm³/mol. The van der Waals surface area contributed by atoms with Crippen molar-refractivity contribution in [2.45, 2.75) is 11.9 Å². The molecule has 2 rings (SSSR count). The summed E-state index contributed by atoms with van der Waals surface area (Å²) in [5, 5.41) is 12.9. The highest BCUT2D eigenvalue weighted by molar-refractivity contribution is 7.80. The minimum atomic E-state index is -1.18. The monoisotopic (exact) mass is 210 g/mol. The highest BCUT2D eigenvalue weighted by Gasteiger charge is 2.13. The summed E-state index contributed by atoms with van der Waals surface area (Å²) in [4.78, 5) is 18.3. The van der Waals surface area contributed by atoms with E-state index in [2.05, 4.69) is 27.7 Å². The fourth-order valence-corrected chi connectivity index (χ4v) is 1.38. The van der Waals surface area contributed by atoms with E-state index in [1.807, 2.05) is 0 Å². The van der Waals surface area contributed by atoms with Crippen LogP contribution in [0, 0.1) is 6.92 Å². The number of carboxylic acid groups (broad SMARTS) is 1. The highest BCUT2D eigenvalue weighted by atomic mass is 32.1. The molecule has 0 saturated heterocycles. The summed E-state index contributed by atoms with van der Waals surface area (Å²) in [6.07, 6.45) is 0. The van der Waals surface area contributed by atoms with Crippen LogP contribution in [0.4, 0.5) is 0 Å². The fraction of sp³-hybridized carbons (Fsp3) is 0.143. The van der Waals surface area contributed by atoms with Gasteiger partial charge in [-0.3, -0.25) is 0 Å². The minimum absolute atomic E-state index is 0.243. The molecule has 6 nitrogen and oxygen atoms in total. The smallest absolute Gasteiger partial charge is 0.375 e. The van der Waals surface area contributed by atoms with Crippen LogP contribution in [-0.2, 0) is 0 Å². The van der Waals surface area contributed by atoms with Crippen molar-refractivity contribution in [3.8, 4) is 0 Å². The third kappa shape index (κ3) is 1.31. The van der Waals surface area contributed by atoms with Gasteiger partial charge in [-0.25, -0.2) is 9.78 Å². The average molecular weight is 210 g/mol. The van der Waals surface area contributed by atoms with Gasteiger partial charge in [0.05, 0.1) is 0 Å². The SMILES string of the molecule is Cc1cc(S)n2nc(C(=O)O)nc2n1. The van der Waals surface area contributed by atoms with E-state index >= 15 is 0 Å². The molecule has 0 radical (unpaired) electrons. The number of aryl methyl sites for hydroxylation is 1. The molecule has 0 amide bonds. The zero-order valence-corrected chi connectivity index (χ0v) is 8.06. The third-order valence-corrected chi connectivity index (χ3v) is 1.93. The molecule has 0 spiro atoms. The largest absolute Gasteiger partial charge is 0.475 e. The van der Waals surface area contributed by atoms with E-state index in [0.717, 1.165) is 0 Å². The second-order valence-corrected chi connectivity index (χ2v) is 3.17. The van der Waals surface area contributed by atoms with Crippen LogP contribution in [0.2, 0.25) is 0 Å². The number of carbonyl (C=O) groups is 1. The van der Waals surface area contributed by atoms with Gasteiger partial charge in [0.25, 0.3) is 11.6 Å². The maximum Gasteiger partial charge on any atom is 0.375 e. The number of fused-ring (bicyclic) bond motifs is 1. The van der Waals surface area contributed by atoms with Gasteiger partial charge in [-0.05, 0) is 13.0 Å². The fourth-order valence-electron chi connectivity index (χ4n) is 1.06. The molecule has 0 atom stereocenters. The van der Waals surface area contributed by atoms with Gasteiger partial charge in [0.1, 0.15) is 5.03 Å². The Kier molecular flexibility index (Phi) is 1.88. The van der Waals surface area contributed by atoms with E-state index < -0.39 is 5.97 Å². The lowest BCUT2D eigenvalue weighted by Gasteiger charge is -1.96. The molecule has 2 aromatic rings. The van der Waals surface area contributed by atoms with Crippen LogP contribution in [-0.4, -0.2) is 30.7 Å². The van der Waals surface area contributed by atoms with Crippen LogP contribution >= 0.6 is 12.6 Å². The quantitative estimate of drug-likeness (QED) is 0.526. The molecule has 2 aromatic heterocycles. The lowest BCUT2D eigenvalue weighted by molar-refractivity contribution is 0.0683. The highest BCUT2D eigenvalue weighted by Crippen LogP contribution is 2.09. The second kappa shape index (κ2) is 2.95. The summed E-state index contributed by atoms with van der Waals surface area (Å²) in [5.74, 6) is -1.22. The number of thiol groups is 1. The van der Waals surface area contributed by atoms with E-state index in [4.69, 9.17) is 5.11 Å². The number of nitrogens with zero attached hydrogens (tertiary/aromatic N) is 4. The molecule has 0 aliphatic rings. The van der Waals surface area contributed by atoms with Crippen molar-refractivity contribution in [1.82, 2.24) is 19.6 Å². The number of aromatic nitrogens is 4. The van der Waals surface area contributed by atoms with Crippen LogP contribution in [0.15, 0.2) is 11.1 Å². The van der Waals surface area contributed by atoms with Gasteiger partial charge in [0.2, 0.25) is 0 Å². The Labute approximate surface area is 84.0 Å². The molecular formula is C7H6N4O2S. The Morgan fingerprint density at radius 1 is 1.57 bits per heavy atom. The van der Waals surface area contributed by atoms with E-state index in [1.54, 1.807) is 13.0 Å². The van der Waals surface area contributed by atoms with Crippen molar-refractivity contribution in [3.05, 3.63) is 17.6 Å². The summed E-state index contributed by atoms with van der Waals surface area (Å²) in [5.41, 5.74) is 0.715. The van der Waals surface area contributed by atoms with Crippen molar-refractivity contribution >= 4 is 24.4 Å². The van der Waals surface area contributed by atoms with Crippen LogP contribution in [0.25, 0.3) is 5.78 Å². The molecule has 72 valence electrons. The molecule has 7 heteroatoms. The van der Waals surface area contributed by atoms with Gasteiger partial charge >= 0.3 is 5.97 Å². The molecule has 0 bridgehead atoms. The van der Waals surface area contributed by atoms with Gasteiger partial charge in [-0.1, -0.05) is 0 Å². The minimum Gasteiger partial charge on any atom is -0.475 e. The first kappa shape index (κ1) is 8.95. The maximum atomic E-state index is 10.6. The summed E-state index contributed by atoms with van der Waals surface area (Å²) in [6.45, 7) is 1.77. The molecule has 2 heterocycles. The van der Waals surface area contributed by atoms with Gasteiger partial charge in [0, 0.05) is 5.69 Å². The van der Waals surface area contributed by atoms with Crippen molar-refractivity contribution in [2.75, 3.05) is 0 Å². The van der Waals surface area contributed by atoms with Gasteiger partial charge < -0.3 is 5.11 Å². The summed E-state index contributed by atoms with van der Waals surface area (Å²) in [7, 11) is 0. The third-order valence-electron chi connectivity index (χ3n) is 1.61. The lowest BCUT2D eigenvalue weighted by atomic mass is 10.5.